The van der Waals surface area contributed by atoms with Crippen molar-refractivity contribution in [3.05, 3.63) is 99.8 Å². The molecule has 2 heterocycles. The maximum absolute atomic E-state index is 14.6. The van der Waals surface area contributed by atoms with Crippen LogP contribution in [0.4, 0.5) is 15.8 Å². The molecule has 0 aromatic heterocycles. The highest BCUT2D eigenvalue weighted by molar-refractivity contribution is 6.32. The van der Waals surface area contributed by atoms with E-state index >= 15 is 0 Å². The first-order valence-corrected chi connectivity index (χ1v) is 15.8. The molecule has 6 atom stereocenters. The summed E-state index contributed by atoms with van der Waals surface area (Å²) in [7, 11) is 0. The third kappa shape index (κ3) is 4.43. The minimum absolute atomic E-state index is 0.00711. The largest absolute Gasteiger partial charge is 0.491 e. The second kappa shape index (κ2) is 11.3. The summed E-state index contributed by atoms with van der Waals surface area (Å²) in [6.07, 6.45) is 2.39. The molecule has 1 N–H and O–H groups in total. The predicted octanol–water partition coefficient (Wildman–Crippen LogP) is 5.94. The summed E-state index contributed by atoms with van der Waals surface area (Å²) in [5.74, 6) is -5.41. The number of aliphatic hydroxyl groups is 1. The monoisotopic (exact) mass is 662 g/mol. The molecular weight excluding hydrogens is 634 g/mol. The van der Waals surface area contributed by atoms with E-state index in [0.29, 0.717) is 22.0 Å². The number of fused-ring (bicyclic) bond motifs is 4. The summed E-state index contributed by atoms with van der Waals surface area (Å²) in [6, 6.07) is 17.4. The van der Waals surface area contributed by atoms with E-state index in [9.17, 15) is 28.7 Å². The van der Waals surface area contributed by atoms with E-state index in [4.69, 9.17) is 27.9 Å². The third-order valence-electron chi connectivity index (χ3n) is 10.1. The Kier molecular flexibility index (Phi) is 7.54. The van der Waals surface area contributed by atoms with Gasteiger partial charge in [-0.3, -0.25) is 24.1 Å². The molecule has 11 heteroatoms. The smallest absolute Gasteiger partial charge is 0.241 e. The zero-order valence-corrected chi connectivity index (χ0v) is 26.2. The number of imide groups is 2. The van der Waals surface area contributed by atoms with E-state index < -0.39 is 52.6 Å². The molecule has 8 nitrogen and oxygen atoms in total. The van der Waals surface area contributed by atoms with Crippen LogP contribution in [0, 0.1) is 34.9 Å². The number of carbonyl (C=O) groups excluding carboxylic acids is 4. The van der Waals surface area contributed by atoms with Crippen molar-refractivity contribution in [3.63, 3.8) is 0 Å². The molecular formula is C35H29Cl2FN2O6. The zero-order chi connectivity index (χ0) is 32.5. The second-order valence-corrected chi connectivity index (χ2v) is 13.2. The van der Waals surface area contributed by atoms with Crippen LogP contribution >= 0.6 is 23.2 Å². The summed E-state index contributed by atoms with van der Waals surface area (Å²) in [4.78, 5) is 59.1. The Bertz CT molecular complexity index is 1830. The molecule has 46 heavy (non-hydrogen) atoms. The number of amides is 4. The first-order valence-electron chi connectivity index (χ1n) is 15.1. The van der Waals surface area contributed by atoms with E-state index in [1.807, 2.05) is 12.1 Å². The molecule has 3 fully saturated rings. The van der Waals surface area contributed by atoms with Crippen molar-refractivity contribution in [3.8, 4) is 5.75 Å². The number of aliphatic hydroxyl groups excluding tert-OH is 1. The van der Waals surface area contributed by atoms with Crippen LogP contribution < -0.4 is 14.5 Å². The van der Waals surface area contributed by atoms with Crippen LogP contribution in [0.25, 0.3) is 0 Å². The van der Waals surface area contributed by atoms with Crippen LogP contribution in [0.3, 0.4) is 0 Å². The fourth-order valence-corrected chi connectivity index (χ4v) is 8.38. The van der Waals surface area contributed by atoms with Gasteiger partial charge in [0.2, 0.25) is 23.6 Å². The number of carbonyl (C=O) groups is 4. The van der Waals surface area contributed by atoms with Gasteiger partial charge >= 0.3 is 0 Å². The van der Waals surface area contributed by atoms with Crippen molar-refractivity contribution in [2.45, 2.75) is 25.7 Å². The average molecular weight is 664 g/mol. The number of anilines is 2. The highest BCUT2D eigenvalue weighted by Crippen LogP contribution is 2.64. The molecule has 6 unspecified atom stereocenters. The van der Waals surface area contributed by atoms with E-state index in [1.165, 1.54) is 17.0 Å². The number of ether oxygens (including phenoxy) is 1. The summed E-state index contributed by atoms with van der Waals surface area (Å²) in [5.41, 5.74) is 0.662. The van der Waals surface area contributed by atoms with Gasteiger partial charge in [-0.2, -0.15) is 0 Å². The lowest BCUT2D eigenvalue weighted by atomic mass is 9.51. The van der Waals surface area contributed by atoms with E-state index in [-0.39, 0.29) is 48.6 Å². The van der Waals surface area contributed by atoms with Crippen LogP contribution in [0.2, 0.25) is 10.0 Å². The van der Waals surface area contributed by atoms with Gasteiger partial charge in [-0.15, -0.1) is 0 Å². The van der Waals surface area contributed by atoms with Gasteiger partial charge in [-0.05, 0) is 74.2 Å². The van der Waals surface area contributed by atoms with Crippen molar-refractivity contribution in [2.24, 2.45) is 29.1 Å². The molecule has 1 saturated carbocycles. The molecule has 0 bridgehead atoms. The lowest BCUT2D eigenvalue weighted by molar-refractivity contribution is -0.131. The Balaban J connectivity index is 1.37. The zero-order valence-electron chi connectivity index (χ0n) is 24.7. The second-order valence-electron chi connectivity index (χ2n) is 12.4. The van der Waals surface area contributed by atoms with Gasteiger partial charge in [-0.25, -0.2) is 9.29 Å². The number of hydrogen-bond acceptors (Lipinski definition) is 6. The number of allylic oxidation sites excluding steroid dienone is 2. The molecule has 0 spiro atoms. The Morgan fingerprint density at radius 2 is 1.63 bits per heavy atom. The third-order valence-corrected chi connectivity index (χ3v) is 10.6. The highest BCUT2D eigenvalue weighted by atomic mass is 35.5. The molecule has 2 aliphatic heterocycles. The fourth-order valence-electron chi connectivity index (χ4n) is 8.08. The predicted molar refractivity (Wildman–Crippen MR) is 169 cm³/mol. The van der Waals surface area contributed by atoms with Gasteiger partial charge in [0.25, 0.3) is 0 Å². The minimum atomic E-state index is -1.33. The van der Waals surface area contributed by atoms with Gasteiger partial charge in [0.15, 0.2) is 0 Å². The summed E-state index contributed by atoms with van der Waals surface area (Å²) in [5, 5.41) is 9.77. The van der Waals surface area contributed by atoms with Crippen molar-refractivity contribution in [1.29, 1.82) is 0 Å². The molecule has 4 aliphatic rings. The van der Waals surface area contributed by atoms with Crippen LogP contribution in [-0.4, -0.2) is 41.9 Å². The molecule has 7 rings (SSSR count). The van der Waals surface area contributed by atoms with Crippen LogP contribution in [-0.2, 0) is 19.2 Å². The number of benzene rings is 3. The highest BCUT2D eigenvalue weighted by Gasteiger charge is 2.68. The van der Waals surface area contributed by atoms with E-state index in [0.717, 1.165) is 16.5 Å². The van der Waals surface area contributed by atoms with Gasteiger partial charge in [-0.1, -0.05) is 53.1 Å². The number of para-hydroxylation sites is 1. The summed E-state index contributed by atoms with van der Waals surface area (Å²) < 4.78 is 20.1. The Hall–Kier alpha value is -4.05. The quantitative estimate of drug-likeness (QED) is 0.259. The topological polar surface area (TPSA) is 104 Å². The molecule has 3 aromatic rings. The lowest BCUT2D eigenvalue weighted by Crippen LogP contribution is -2.49. The normalized spacial score (nSPS) is 28.6. The maximum atomic E-state index is 14.6. The van der Waals surface area contributed by atoms with Crippen LogP contribution in [0.1, 0.15) is 31.2 Å². The molecule has 4 amide bonds. The maximum Gasteiger partial charge on any atom is 0.241 e. The molecule has 236 valence electrons. The summed E-state index contributed by atoms with van der Waals surface area (Å²) in [6.45, 7) is 1.52. The van der Waals surface area contributed by atoms with Crippen LogP contribution in [0.5, 0.6) is 5.75 Å². The summed E-state index contributed by atoms with van der Waals surface area (Å²) >= 11 is 12.2. The van der Waals surface area contributed by atoms with Crippen molar-refractivity contribution in [2.75, 3.05) is 23.0 Å². The minimum Gasteiger partial charge on any atom is -0.491 e. The number of rotatable bonds is 6. The molecule has 2 aliphatic carbocycles. The Morgan fingerprint density at radius 3 is 2.35 bits per heavy atom. The van der Waals surface area contributed by atoms with Crippen LogP contribution in [0.15, 0.2) is 78.4 Å². The first kappa shape index (κ1) is 30.6. The molecule has 2 saturated heterocycles. The van der Waals surface area contributed by atoms with Crippen molar-refractivity contribution < 1.29 is 33.4 Å². The number of hydrogen-bond donors (Lipinski definition) is 1. The first-order chi connectivity index (χ1) is 22.1. The number of nitrogens with zero attached hydrogens (tertiary/aromatic N) is 2. The van der Waals surface area contributed by atoms with Crippen molar-refractivity contribution in [1.82, 2.24) is 0 Å². The Morgan fingerprint density at radius 1 is 0.913 bits per heavy atom. The molecule has 0 radical (unpaired) electrons. The standard InChI is InChI=1S/C35H29Cl2FN2O6/c1-35-25(32(43)40(34(35)45)20-10-13-27(38)26(37)16-20)17-24-21(30(35)22-4-2-3-5-28(22)46-15-14-41)11-12-23-29(24)33(44)39(31(23)42)19-8-6-18(36)7-9-19/h2-11,13,16,23-25,29-30,41H,12,14-15,17H2,1H3. The fraction of sp³-hybridized carbons (Fsp3) is 0.314. The van der Waals surface area contributed by atoms with E-state index in [2.05, 4.69) is 0 Å². The average Bonchev–Trinajstić information content (AvgIpc) is 3.41. The molecule has 3 aromatic carbocycles. The lowest BCUT2D eigenvalue weighted by Gasteiger charge is -2.49. The van der Waals surface area contributed by atoms with Gasteiger partial charge in [0, 0.05) is 16.5 Å². The number of halogens is 3. The Labute approximate surface area is 274 Å². The van der Waals surface area contributed by atoms with Gasteiger partial charge < -0.3 is 9.84 Å². The van der Waals surface area contributed by atoms with E-state index in [1.54, 1.807) is 49.4 Å². The van der Waals surface area contributed by atoms with Gasteiger partial charge in [0.05, 0.1) is 46.2 Å². The van der Waals surface area contributed by atoms with Crippen molar-refractivity contribution >= 4 is 58.2 Å². The van der Waals surface area contributed by atoms with Gasteiger partial charge in [0.1, 0.15) is 18.2 Å². The SMILES string of the molecule is CC12C(=O)N(c3ccc(F)c(Cl)c3)C(=O)C1CC1C(=CCC3C(=O)N(c4ccc(Cl)cc4)C(=O)C31)C2c1ccccc1OCCO.